The van der Waals surface area contributed by atoms with E-state index in [4.69, 9.17) is 9.41 Å². The maximum Gasteiger partial charge on any atom is 0.270 e. The molecule has 3 heterocycles. The van der Waals surface area contributed by atoms with Crippen molar-refractivity contribution in [2.75, 3.05) is 0 Å². The van der Waals surface area contributed by atoms with E-state index in [1.165, 1.54) is 3.97 Å². The van der Waals surface area contributed by atoms with Crippen molar-refractivity contribution in [2.24, 2.45) is 0 Å². The molecule has 4 aromatic rings. The van der Waals surface area contributed by atoms with E-state index < -0.39 is 18.3 Å². The minimum absolute atomic E-state index is 0.231. The minimum atomic E-state index is -3.76. The molecule has 9 heteroatoms. The first kappa shape index (κ1) is 27.9. The SMILES string of the molecule is CC(C)[Si](OCc1cccc(-c2cnc3c(c2)cc(I)n3S(=O)(=O)c2ccccc2)n1)(C(C)C)C(C)C. The summed E-state index contributed by atoms with van der Waals surface area (Å²) in [5.41, 5.74) is 4.41. The van der Waals surface area contributed by atoms with Gasteiger partial charge in [0, 0.05) is 17.1 Å². The van der Waals surface area contributed by atoms with Crippen molar-refractivity contribution in [3.8, 4) is 11.3 Å². The molecule has 0 aliphatic heterocycles. The van der Waals surface area contributed by atoms with E-state index >= 15 is 0 Å². The predicted molar refractivity (Wildman–Crippen MR) is 161 cm³/mol. The summed E-state index contributed by atoms with van der Waals surface area (Å²) in [7, 11) is -5.77. The molecule has 6 nitrogen and oxygen atoms in total. The Labute approximate surface area is 234 Å². The fourth-order valence-corrected chi connectivity index (χ4v) is 13.6. The molecule has 0 bridgehead atoms. The van der Waals surface area contributed by atoms with E-state index in [-0.39, 0.29) is 4.90 Å². The number of pyridine rings is 2. The molecule has 0 fully saturated rings. The lowest BCUT2D eigenvalue weighted by Crippen LogP contribution is -2.47. The Balaban J connectivity index is 1.66. The van der Waals surface area contributed by atoms with Crippen LogP contribution in [-0.2, 0) is 21.1 Å². The smallest absolute Gasteiger partial charge is 0.270 e. The third-order valence-corrected chi connectivity index (χ3v) is 16.0. The molecule has 3 aromatic heterocycles. The number of hydrogen-bond acceptors (Lipinski definition) is 5. The summed E-state index contributed by atoms with van der Waals surface area (Å²) in [5, 5.41) is 0.746. The van der Waals surface area contributed by atoms with Gasteiger partial charge in [-0.05, 0) is 75.6 Å². The van der Waals surface area contributed by atoms with Gasteiger partial charge in [-0.15, -0.1) is 0 Å². The molecule has 0 unspecified atom stereocenters. The Morgan fingerprint density at radius 1 is 0.919 bits per heavy atom. The highest BCUT2D eigenvalue weighted by molar-refractivity contribution is 14.1. The number of aromatic nitrogens is 3. The Kier molecular flexibility index (Phi) is 8.27. The van der Waals surface area contributed by atoms with Crippen LogP contribution in [0.4, 0.5) is 0 Å². The second-order valence-corrected chi connectivity index (χ2v) is 18.7. The quantitative estimate of drug-likeness (QED) is 0.138. The van der Waals surface area contributed by atoms with E-state index in [0.29, 0.717) is 32.6 Å². The van der Waals surface area contributed by atoms with Crippen molar-refractivity contribution in [3.05, 3.63) is 76.3 Å². The average molecular weight is 648 g/mol. The summed E-state index contributed by atoms with van der Waals surface area (Å²) < 4.78 is 35.3. The van der Waals surface area contributed by atoms with Crippen LogP contribution in [0, 0.1) is 3.70 Å². The number of benzene rings is 1. The van der Waals surface area contributed by atoms with Crippen molar-refractivity contribution in [1.82, 2.24) is 13.9 Å². The highest BCUT2D eigenvalue weighted by atomic mass is 127. The van der Waals surface area contributed by atoms with E-state index in [2.05, 4.69) is 46.5 Å². The third kappa shape index (κ3) is 5.28. The zero-order valence-corrected chi connectivity index (χ0v) is 26.1. The normalized spacial score (nSPS) is 12.8. The van der Waals surface area contributed by atoms with Crippen LogP contribution in [0.3, 0.4) is 0 Å². The first-order chi connectivity index (χ1) is 17.5. The van der Waals surface area contributed by atoms with Crippen LogP contribution >= 0.6 is 22.6 Å². The fourth-order valence-electron chi connectivity index (χ4n) is 5.52. The predicted octanol–water partition coefficient (Wildman–Crippen LogP) is 7.63. The van der Waals surface area contributed by atoms with Crippen molar-refractivity contribution in [3.63, 3.8) is 0 Å². The number of halogens is 1. The van der Waals surface area contributed by atoms with Gasteiger partial charge < -0.3 is 4.43 Å². The summed E-state index contributed by atoms with van der Waals surface area (Å²) in [4.78, 5) is 9.69. The van der Waals surface area contributed by atoms with Gasteiger partial charge in [0.1, 0.15) is 0 Å². The fraction of sp³-hybridized carbons (Fsp3) is 0.357. The van der Waals surface area contributed by atoms with Crippen molar-refractivity contribution in [1.29, 1.82) is 0 Å². The van der Waals surface area contributed by atoms with Crippen LogP contribution in [0.25, 0.3) is 22.3 Å². The van der Waals surface area contributed by atoms with Gasteiger partial charge in [-0.25, -0.2) is 17.4 Å². The summed E-state index contributed by atoms with van der Waals surface area (Å²) in [6, 6.07) is 18.2. The molecule has 196 valence electrons. The lowest BCUT2D eigenvalue weighted by atomic mass is 10.1. The molecule has 0 atom stereocenters. The number of nitrogens with zero attached hydrogens (tertiary/aromatic N) is 3. The standard InChI is InChI=1S/C28H34IN3O3SSi/c1-19(2)37(20(3)4,21(5)6)35-18-24-11-10-14-26(31-24)23-15-22-16-27(29)32(28(22)30-17-23)36(33,34)25-12-8-7-9-13-25/h7-17,19-21H,18H2,1-6H3. The Morgan fingerprint density at radius 3 is 2.19 bits per heavy atom. The van der Waals surface area contributed by atoms with E-state index in [1.54, 1.807) is 36.5 Å². The Bertz CT molecular complexity index is 1480. The maximum absolute atomic E-state index is 13.3. The number of rotatable bonds is 9. The first-order valence-electron chi connectivity index (χ1n) is 12.6. The average Bonchev–Trinajstić information content (AvgIpc) is 3.20. The van der Waals surface area contributed by atoms with Crippen LogP contribution in [0.5, 0.6) is 0 Å². The molecular formula is C28H34IN3O3SSi. The summed E-state index contributed by atoms with van der Waals surface area (Å²) in [6.45, 7) is 14.2. The molecule has 0 saturated carbocycles. The van der Waals surface area contributed by atoms with Crippen LogP contribution in [0.1, 0.15) is 47.2 Å². The molecule has 0 radical (unpaired) electrons. The van der Waals surface area contributed by atoms with Gasteiger partial charge in [-0.1, -0.05) is 65.8 Å². The van der Waals surface area contributed by atoms with Crippen molar-refractivity contribution in [2.45, 2.75) is 69.7 Å². The lowest BCUT2D eigenvalue weighted by Gasteiger charge is -2.42. The van der Waals surface area contributed by atoms with Gasteiger partial charge >= 0.3 is 0 Å². The van der Waals surface area contributed by atoms with Gasteiger partial charge in [0.2, 0.25) is 8.32 Å². The largest absolute Gasteiger partial charge is 0.410 e. The number of hydrogen-bond donors (Lipinski definition) is 0. The maximum atomic E-state index is 13.3. The Morgan fingerprint density at radius 2 is 1.57 bits per heavy atom. The van der Waals surface area contributed by atoms with Crippen LogP contribution < -0.4 is 0 Å². The second kappa shape index (κ2) is 11.0. The van der Waals surface area contributed by atoms with Gasteiger partial charge in [-0.2, -0.15) is 0 Å². The third-order valence-electron chi connectivity index (χ3n) is 7.12. The first-order valence-corrected chi connectivity index (χ1v) is 17.2. The van der Waals surface area contributed by atoms with Crippen molar-refractivity contribution < 1.29 is 12.8 Å². The van der Waals surface area contributed by atoms with Gasteiger partial charge in [0.05, 0.1) is 26.6 Å². The number of fused-ring (bicyclic) bond motifs is 1. The molecule has 37 heavy (non-hydrogen) atoms. The lowest BCUT2D eigenvalue weighted by molar-refractivity contribution is 0.262. The van der Waals surface area contributed by atoms with Crippen LogP contribution in [0.15, 0.2) is 71.8 Å². The summed E-state index contributed by atoms with van der Waals surface area (Å²) >= 11 is 2.05. The van der Waals surface area contributed by atoms with Crippen molar-refractivity contribution >= 4 is 52.0 Å². The van der Waals surface area contributed by atoms with E-state index in [1.807, 2.05) is 52.9 Å². The molecule has 0 N–H and O–H groups in total. The van der Waals surface area contributed by atoms with Crippen LogP contribution in [0.2, 0.25) is 16.6 Å². The molecule has 0 saturated heterocycles. The second-order valence-electron chi connectivity index (χ2n) is 10.3. The summed E-state index contributed by atoms with van der Waals surface area (Å²) in [6.07, 6.45) is 1.69. The molecular weight excluding hydrogens is 613 g/mol. The monoisotopic (exact) mass is 647 g/mol. The van der Waals surface area contributed by atoms with Gasteiger partial charge in [-0.3, -0.25) is 4.98 Å². The van der Waals surface area contributed by atoms with E-state index in [0.717, 1.165) is 22.3 Å². The van der Waals surface area contributed by atoms with E-state index in [9.17, 15) is 8.42 Å². The molecule has 0 aliphatic rings. The molecule has 0 spiro atoms. The summed E-state index contributed by atoms with van der Waals surface area (Å²) in [5.74, 6) is 0. The topological polar surface area (TPSA) is 74.1 Å². The van der Waals surface area contributed by atoms with Gasteiger partial charge in [0.15, 0.2) is 5.65 Å². The van der Waals surface area contributed by atoms with Gasteiger partial charge in [0.25, 0.3) is 10.0 Å². The molecule has 0 amide bonds. The molecule has 0 aliphatic carbocycles. The molecule has 4 rings (SSSR count). The highest BCUT2D eigenvalue weighted by Crippen LogP contribution is 2.42. The minimum Gasteiger partial charge on any atom is -0.410 e. The highest BCUT2D eigenvalue weighted by Gasteiger charge is 2.45. The zero-order chi connectivity index (χ0) is 27.0. The zero-order valence-electron chi connectivity index (χ0n) is 22.1. The molecule has 1 aromatic carbocycles. The van der Waals surface area contributed by atoms with Crippen LogP contribution in [-0.4, -0.2) is 30.7 Å². The Hall–Kier alpha value is -2.08.